The quantitative estimate of drug-likeness (QED) is 0.741. The van der Waals surface area contributed by atoms with Crippen LogP contribution in [0.3, 0.4) is 0 Å². The van der Waals surface area contributed by atoms with Gasteiger partial charge in [0.1, 0.15) is 5.75 Å². The van der Waals surface area contributed by atoms with Crippen molar-refractivity contribution >= 4 is 17.3 Å². The Morgan fingerprint density at radius 1 is 1.18 bits per heavy atom. The highest BCUT2D eigenvalue weighted by molar-refractivity contribution is 5.91. The summed E-state index contributed by atoms with van der Waals surface area (Å²) in [5.74, 6) is 0.870. The van der Waals surface area contributed by atoms with Crippen LogP contribution in [0.2, 0.25) is 0 Å². The largest absolute Gasteiger partial charge is 0.494 e. The Labute approximate surface area is 167 Å². The number of amides is 1. The fourth-order valence-corrected chi connectivity index (χ4v) is 3.60. The summed E-state index contributed by atoms with van der Waals surface area (Å²) in [6.45, 7) is 4.55. The van der Waals surface area contributed by atoms with Crippen molar-refractivity contribution < 1.29 is 14.3 Å². The van der Waals surface area contributed by atoms with Crippen molar-refractivity contribution in [1.29, 1.82) is 0 Å². The predicted molar refractivity (Wildman–Crippen MR) is 113 cm³/mol. The van der Waals surface area contributed by atoms with Gasteiger partial charge in [-0.2, -0.15) is 0 Å². The molecule has 1 aliphatic heterocycles. The van der Waals surface area contributed by atoms with Crippen LogP contribution in [0, 0.1) is 0 Å². The molecular formula is C23H30N2O3. The molecule has 28 heavy (non-hydrogen) atoms. The van der Waals surface area contributed by atoms with E-state index in [9.17, 15) is 4.79 Å². The monoisotopic (exact) mass is 382 g/mol. The lowest BCUT2D eigenvalue weighted by atomic mass is 10.1. The molecular weight excluding hydrogens is 352 g/mol. The van der Waals surface area contributed by atoms with Crippen molar-refractivity contribution in [1.82, 2.24) is 0 Å². The summed E-state index contributed by atoms with van der Waals surface area (Å²) < 4.78 is 11.1. The Morgan fingerprint density at radius 2 is 1.96 bits per heavy atom. The van der Waals surface area contributed by atoms with Crippen LogP contribution in [-0.4, -0.2) is 38.8 Å². The van der Waals surface area contributed by atoms with Gasteiger partial charge in [-0.15, -0.1) is 0 Å². The molecule has 3 rings (SSSR count). The summed E-state index contributed by atoms with van der Waals surface area (Å²) >= 11 is 0. The summed E-state index contributed by atoms with van der Waals surface area (Å²) in [6, 6.07) is 16.0. The number of rotatable bonds is 8. The van der Waals surface area contributed by atoms with Gasteiger partial charge in [0.25, 0.3) is 0 Å². The number of para-hydroxylation sites is 1. The molecule has 0 radical (unpaired) electrons. The molecule has 1 amide bonds. The standard InChI is InChI=1S/C23H30N2O3/c1-3-28-22-9-5-4-7-18(22)10-15-23(26)24-19-11-13-20(14-12-19)25-16-6-8-21(17-25)27-2/h4-5,7,9,11-14,21H,3,6,8,10,15-17H2,1-2H3,(H,24,26). The first-order valence-corrected chi connectivity index (χ1v) is 10.1. The molecule has 0 aromatic heterocycles. The Hall–Kier alpha value is -2.53. The van der Waals surface area contributed by atoms with E-state index in [2.05, 4.69) is 22.3 Å². The van der Waals surface area contributed by atoms with Gasteiger partial charge in [0, 0.05) is 38.0 Å². The number of benzene rings is 2. The van der Waals surface area contributed by atoms with E-state index in [-0.39, 0.29) is 5.91 Å². The van der Waals surface area contributed by atoms with Crippen LogP contribution in [0.25, 0.3) is 0 Å². The Morgan fingerprint density at radius 3 is 2.71 bits per heavy atom. The second-order valence-corrected chi connectivity index (χ2v) is 7.08. The molecule has 0 saturated carbocycles. The van der Waals surface area contributed by atoms with E-state index in [1.807, 2.05) is 43.3 Å². The van der Waals surface area contributed by atoms with E-state index in [1.165, 1.54) is 5.69 Å². The van der Waals surface area contributed by atoms with Crippen molar-refractivity contribution in [2.24, 2.45) is 0 Å². The Balaban J connectivity index is 1.52. The number of nitrogens with one attached hydrogen (secondary N) is 1. The number of carbonyl (C=O) groups is 1. The van der Waals surface area contributed by atoms with Gasteiger partial charge in [0.05, 0.1) is 12.7 Å². The first-order chi connectivity index (χ1) is 13.7. The second kappa shape index (κ2) is 10.1. The van der Waals surface area contributed by atoms with E-state index < -0.39 is 0 Å². The zero-order chi connectivity index (χ0) is 19.8. The topological polar surface area (TPSA) is 50.8 Å². The average molecular weight is 383 g/mol. The van der Waals surface area contributed by atoms with Crippen LogP contribution < -0.4 is 15.0 Å². The Bertz CT molecular complexity index is 761. The molecule has 1 saturated heterocycles. The van der Waals surface area contributed by atoms with Crippen molar-refractivity contribution in [3.63, 3.8) is 0 Å². The van der Waals surface area contributed by atoms with Gasteiger partial charge in [-0.05, 0) is 62.1 Å². The molecule has 1 atom stereocenters. The third-order valence-corrected chi connectivity index (χ3v) is 5.12. The second-order valence-electron chi connectivity index (χ2n) is 7.08. The molecule has 0 spiro atoms. The minimum atomic E-state index is 0.0106. The van der Waals surface area contributed by atoms with Gasteiger partial charge in [-0.3, -0.25) is 4.79 Å². The Kier molecular flexibility index (Phi) is 7.31. The molecule has 150 valence electrons. The van der Waals surface area contributed by atoms with Crippen molar-refractivity contribution in [2.45, 2.75) is 38.7 Å². The van der Waals surface area contributed by atoms with Crippen LogP contribution in [0.5, 0.6) is 5.75 Å². The lowest BCUT2D eigenvalue weighted by Crippen LogP contribution is -2.39. The van der Waals surface area contributed by atoms with E-state index >= 15 is 0 Å². The zero-order valence-corrected chi connectivity index (χ0v) is 16.8. The van der Waals surface area contributed by atoms with Gasteiger partial charge < -0.3 is 19.7 Å². The summed E-state index contributed by atoms with van der Waals surface area (Å²) in [7, 11) is 1.78. The fourth-order valence-electron chi connectivity index (χ4n) is 3.60. The van der Waals surface area contributed by atoms with Gasteiger partial charge >= 0.3 is 0 Å². The maximum Gasteiger partial charge on any atom is 0.224 e. The predicted octanol–water partition coefficient (Wildman–Crippen LogP) is 4.27. The number of methoxy groups -OCH3 is 1. The smallest absolute Gasteiger partial charge is 0.224 e. The van der Waals surface area contributed by atoms with E-state index in [4.69, 9.17) is 9.47 Å². The van der Waals surface area contributed by atoms with Crippen LogP contribution in [-0.2, 0) is 16.0 Å². The molecule has 2 aromatic rings. The van der Waals surface area contributed by atoms with Crippen molar-refractivity contribution in [2.75, 3.05) is 37.0 Å². The summed E-state index contributed by atoms with van der Waals surface area (Å²) in [6.07, 6.45) is 3.64. The normalized spacial score (nSPS) is 16.6. The SMILES string of the molecule is CCOc1ccccc1CCC(=O)Nc1ccc(N2CCCC(OC)C2)cc1. The number of hydrogen-bond acceptors (Lipinski definition) is 4. The van der Waals surface area contributed by atoms with Crippen LogP contribution >= 0.6 is 0 Å². The van der Waals surface area contributed by atoms with E-state index in [0.717, 1.165) is 42.9 Å². The average Bonchev–Trinajstić information content (AvgIpc) is 2.74. The number of piperidine rings is 1. The third-order valence-electron chi connectivity index (χ3n) is 5.12. The van der Waals surface area contributed by atoms with Gasteiger partial charge in [0.15, 0.2) is 0 Å². The van der Waals surface area contributed by atoms with Crippen LogP contribution in [0.1, 0.15) is 31.7 Å². The number of aryl methyl sites for hydroxylation is 1. The van der Waals surface area contributed by atoms with E-state index in [1.54, 1.807) is 7.11 Å². The minimum absolute atomic E-state index is 0.0106. The highest BCUT2D eigenvalue weighted by Gasteiger charge is 2.19. The first-order valence-electron chi connectivity index (χ1n) is 10.1. The maximum atomic E-state index is 12.3. The zero-order valence-electron chi connectivity index (χ0n) is 16.8. The molecule has 1 heterocycles. The number of anilines is 2. The number of nitrogens with zero attached hydrogens (tertiary/aromatic N) is 1. The van der Waals surface area contributed by atoms with Crippen molar-refractivity contribution in [3.05, 3.63) is 54.1 Å². The van der Waals surface area contributed by atoms with Gasteiger partial charge in [-0.25, -0.2) is 0 Å². The molecule has 5 heteroatoms. The highest BCUT2D eigenvalue weighted by Crippen LogP contribution is 2.23. The van der Waals surface area contributed by atoms with Crippen LogP contribution in [0.15, 0.2) is 48.5 Å². The van der Waals surface area contributed by atoms with Crippen LogP contribution in [0.4, 0.5) is 11.4 Å². The number of hydrogen-bond donors (Lipinski definition) is 1. The highest BCUT2D eigenvalue weighted by atomic mass is 16.5. The van der Waals surface area contributed by atoms with Gasteiger partial charge in [-0.1, -0.05) is 18.2 Å². The molecule has 1 N–H and O–H groups in total. The molecule has 0 bridgehead atoms. The van der Waals surface area contributed by atoms with Gasteiger partial charge in [0.2, 0.25) is 5.91 Å². The molecule has 1 fully saturated rings. The molecule has 1 aliphatic rings. The molecule has 1 unspecified atom stereocenters. The lowest BCUT2D eigenvalue weighted by Gasteiger charge is -2.33. The summed E-state index contributed by atoms with van der Waals surface area (Å²) in [5, 5.41) is 2.99. The molecule has 2 aromatic carbocycles. The first kappa shape index (κ1) is 20.2. The van der Waals surface area contributed by atoms with E-state index in [0.29, 0.717) is 25.6 Å². The lowest BCUT2D eigenvalue weighted by molar-refractivity contribution is -0.116. The third kappa shape index (κ3) is 5.49. The fraction of sp³-hybridized carbons (Fsp3) is 0.435. The summed E-state index contributed by atoms with van der Waals surface area (Å²) in [4.78, 5) is 14.7. The maximum absolute atomic E-state index is 12.3. The number of carbonyl (C=O) groups excluding carboxylic acids is 1. The molecule has 5 nitrogen and oxygen atoms in total. The van der Waals surface area contributed by atoms with Crippen molar-refractivity contribution in [3.8, 4) is 5.75 Å². The minimum Gasteiger partial charge on any atom is -0.494 e. The number of ether oxygens (including phenoxy) is 2. The summed E-state index contributed by atoms with van der Waals surface area (Å²) in [5.41, 5.74) is 3.06. The molecule has 0 aliphatic carbocycles.